The van der Waals surface area contributed by atoms with E-state index in [2.05, 4.69) is 6.07 Å². The first-order chi connectivity index (χ1) is 13.3. The summed E-state index contributed by atoms with van der Waals surface area (Å²) in [5.74, 6) is 0.0211. The Bertz CT molecular complexity index is 789. The minimum absolute atomic E-state index is 0.239. The van der Waals surface area contributed by atoms with E-state index in [1.165, 1.54) is 6.08 Å². The number of fused-ring (bicyclic) bond motifs is 1. The molecular formula is C21H26N2O5. The first-order valence-corrected chi connectivity index (χ1v) is 9.25. The molecule has 0 aliphatic carbocycles. The molecule has 0 saturated heterocycles. The summed E-state index contributed by atoms with van der Waals surface area (Å²) in [6.45, 7) is 7.97. The van der Waals surface area contributed by atoms with Crippen LogP contribution in [0.4, 0.5) is 4.79 Å². The summed E-state index contributed by atoms with van der Waals surface area (Å²) in [6.07, 6.45) is 2.88. The van der Waals surface area contributed by atoms with Crippen molar-refractivity contribution in [1.82, 2.24) is 4.90 Å². The average Bonchev–Trinajstić information content (AvgIpc) is 2.80. The first kappa shape index (κ1) is 21.3. The molecule has 28 heavy (non-hydrogen) atoms. The normalized spacial score (nSPS) is 16.5. The van der Waals surface area contributed by atoms with Crippen molar-refractivity contribution in [2.75, 3.05) is 19.8 Å². The van der Waals surface area contributed by atoms with E-state index in [9.17, 15) is 14.9 Å². The summed E-state index contributed by atoms with van der Waals surface area (Å²) in [4.78, 5) is 26.0. The predicted molar refractivity (Wildman–Crippen MR) is 103 cm³/mol. The smallest absolute Gasteiger partial charge is 0.410 e. The summed E-state index contributed by atoms with van der Waals surface area (Å²) < 4.78 is 16.2. The van der Waals surface area contributed by atoms with Gasteiger partial charge in [0.05, 0.1) is 24.8 Å². The maximum atomic E-state index is 12.8. The lowest BCUT2D eigenvalue weighted by Gasteiger charge is -2.31. The van der Waals surface area contributed by atoms with Gasteiger partial charge in [0.1, 0.15) is 24.0 Å². The number of nitriles is 1. The molecule has 1 amide bonds. The predicted octanol–water partition coefficient (Wildman–Crippen LogP) is 3.74. The largest absolute Gasteiger partial charge is 0.490 e. The number of para-hydroxylation sites is 1. The SMILES string of the molecule is CCOC(=O)/C=C/CC1c2cccc(C#N)c2OCCN1C(=O)OC(C)(C)C. The second kappa shape index (κ2) is 9.27. The molecule has 1 unspecified atom stereocenters. The maximum Gasteiger partial charge on any atom is 0.410 e. The number of carbonyl (C=O) groups is 2. The Morgan fingerprint density at radius 3 is 2.79 bits per heavy atom. The Hall–Kier alpha value is -3.01. The van der Waals surface area contributed by atoms with Crippen LogP contribution in [0.25, 0.3) is 0 Å². The molecule has 7 nitrogen and oxygen atoms in total. The van der Waals surface area contributed by atoms with Gasteiger partial charge in [0.2, 0.25) is 0 Å². The van der Waals surface area contributed by atoms with Crippen LogP contribution in [0.1, 0.15) is 51.3 Å². The summed E-state index contributed by atoms with van der Waals surface area (Å²) in [5, 5.41) is 9.40. The molecule has 1 atom stereocenters. The Morgan fingerprint density at radius 2 is 2.14 bits per heavy atom. The fourth-order valence-electron chi connectivity index (χ4n) is 2.91. The lowest BCUT2D eigenvalue weighted by molar-refractivity contribution is -0.137. The molecule has 0 spiro atoms. The summed E-state index contributed by atoms with van der Waals surface area (Å²) in [5.41, 5.74) is 0.464. The number of esters is 1. The van der Waals surface area contributed by atoms with Crippen molar-refractivity contribution >= 4 is 12.1 Å². The molecule has 1 aromatic rings. The van der Waals surface area contributed by atoms with Crippen LogP contribution >= 0.6 is 0 Å². The molecule has 0 radical (unpaired) electrons. The van der Waals surface area contributed by atoms with Gasteiger partial charge in [-0.25, -0.2) is 9.59 Å². The van der Waals surface area contributed by atoms with Crippen LogP contribution in [0.15, 0.2) is 30.4 Å². The highest BCUT2D eigenvalue weighted by Gasteiger charge is 2.33. The van der Waals surface area contributed by atoms with E-state index < -0.39 is 23.7 Å². The molecule has 150 valence electrons. The summed E-state index contributed by atoms with van der Waals surface area (Å²) in [7, 11) is 0. The van der Waals surface area contributed by atoms with Crippen molar-refractivity contribution in [2.45, 2.75) is 45.8 Å². The molecule has 1 aliphatic rings. The Kier molecular flexibility index (Phi) is 7.05. The first-order valence-electron chi connectivity index (χ1n) is 9.25. The van der Waals surface area contributed by atoms with Crippen LogP contribution in [0.5, 0.6) is 5.75 Å². The van der Waals surface area contributed by atoms with E-state index in [4.69, 9.17) is 14.2 Å². The van der Waals surface area contributed by atoms with Crippen LogP contribution < -0.4 is 4.74 Å². The summed E-state index contributed by atoms with van der Waals surface area (Å²) >= 11 is 0. The van der Waals surface area contributed by atoms with Gasteiger partial charge in [-0.2, -0.15) is 5.26 Å². The third-order valence-electron chi connectivity index (χ3n) is 4.01. The van der Waals surface area contributed by atoms with Crippen molar-refractivity contribution in [3.8, 4) is 11.8 Å². The van der Waals surface area contributed by atoms with Gasteiger partial charge in [-0.3, -0.25) is 4.90 Å². The number of amides is 1. The number of nitrogens with zero attached hydrogens (tertiary/aromatic N) is 2. The van der Waals surface area contributed by atoms with Crippen LogP contribution in [-0.2, 0) is 14.3 Å². The highest BCUT2D eigenvalue weighted by atomic mass is 16.6. The fraction of sp³-hybridized carbons (Fsp3) is 0.476. The highest BCUT2D eigenvalue weighted by molar-refractivity contribution is 5.81. The number of benzene rings is 1. The molecule has 1 aliphatic heterocycles. The van der Waals surface area contributed by atoms with Gasteiger partial charge in [-0.1, -0.05) is 18.2 Å². The van der Waals surface area contributed by atoms with Crippen LogP contribution in [0.2, 0.25) is 0 Å². The van der Waals surface area contributed by atoms with E-state index in [1.54, 1.807) is 50.8 Å². The van der Waals surface area contributed by atoms with Crippen LogP contribution in [0, 0.1) is 11.3 Å². The lowest BCUT2D eigenvalue weighted by Crippen LogP contribution is -2.40. The highest BCUT2D eigenvalue weighted by Crippen LogP contribution is 2.37. The Labute approximate surface area is 165 Å². The van der Waals surface area contributed by atoms with Gasteiger partial charge in [-0.05, 0) is 40.2 Å². The lowest BCUT2D eigenvalue weighted by atomic mass is 9.98. The zero-order valence-electron chi connectivity index (χ0n) is 16.7. The zero-order valence-corrected chi connectivity index (χ0v) is 16.7. The molecule has 0 saturated carbocycles. The molecule has 2 rings (SSSR count). The van der Waals surface area contributed by atoms with Crippen molar-refractivity contribution in [2.24, 2.45) is 0 Å². The standard InChI is InChI=1S/C21H26N2O5/c1-5-26-18(24)11-7-10-17-16-9-6-8-15(14-22)19(16)27-13-12-23(17)20(25)28-21(2,3)4/h6-9,11,17H,5,10,12-13H2,1-4H3/b11-7+. The van der Waals surface area contributed by atoms with Gasteiger partial charge in [0.25, 0.3) is 0 Å². The maximum absolute atomic E-state index is 12.8. The third-order valence-corrected chi connectivity index (χ3v) is 4.01. The van der Waals surface area contributed by atoms with E-state index >= 15 is 0 Å². The molecule has 7 heteroatoms. The summed E-state index contributed by atoms with van der Waals surface area (Å²) in [6, 6.07) is 6.93. The molecule has 0 bridgehead atoms. The topological polar surface area (TPSA) is 88.9 Å². The number of hydrogen-bond donors (Lipinski definition) is 0. The van der Waals surface area contributed by atoms with Gasteiger partial charge in [0, 0.05) is 11.6 Å². The van der Waals surface area contributed by atoms with Crippen molar-refractivity contribution < 1.29 is 23.8 Å². The number of ether oxygens (including phenoxy) is 3. The zero-order chi connectivity index (χ0) is 20.7. The Morgan fingerprint density at radius 1 is 1.39 bits per heavy atom. The van der Waals surface area contributed by atoms with Crippen molar-refractivity contribution in [3.63, 3.8) is 0 Å². The van der Waals surface area contributed by atoms with E-state index in [1.807, 2.05) is 6.07 Å². The molecular weight excluding hydrogens is 360 g/mol. The van der Waals surface area contributed by atoms with Gasteiger partial charge in [0.15, 0.2) is 0 Å². The Balaban J connectivity index is 2.39. The van der Waals surface area contributed by atoms with Crippen molar-refractivity contribution in [3.05, 3.63) is 41.5 Å². The van der Waals surface area contributed by atoms with Crippen LogP contribution in [0.3, 0.4) is 0 Å². The average molecular weight is 386 g/mol. The van der Waals surface area contributed by atoms with Crippen LogP contribution in [-0.4, -0.2) is 42.3 Å². The van der Waals surface area contributed by atoms with E-state index in [0.29, 0.717) is 36.4 Å². The van der Waals surface area contributed by atoms with E-state index in [0.717, 1.165) is 0 Å². The third kappa shape index (κ3) is 5.49. The number of rotatable bonds is 4. The quantitative estimate of drug-likeness (QED) is 0.578. The van der Waals surface area contributed by atoms with Crippen molar-refractivity contribution in [1.29, 1.82) is 5.26 Å². The minimum atomic E-state index is -0.646. The number of hydrogen-bond acceptors (Lipinski definition) is 6. The molecule has 0 aromatic heterocycles. The molecule has 1 aromatic carbocycles. The second-order valence-corrected chi connectivity index (χ2v) is 7.26. The monoisotopic (exact) mass is 386 g/mol. The second-order valence-electron chi connectivity index (χ2n) is 7.26. The van der Waals surface area contributed by atoms with Gasteiger partial charge in [-0.15, -0.1) is 0 Å². The fourth-order valence-corrected chi connectivity index (χ4v) is 2.91. The molecule has 0 fully saturated rings. The van der Waals surface area contributed by atoms with Gasteiger partial charge >= 0.3 is 12.1 Å². The van der Waals surface area contributed by atoms with Gasteiger partial charge < -0.3 is 14.2 Å². The van der Waals surface area contributed by atoms with E-state index in [-0.39, 0.29) is 6.61 Å². The number of carbonyl (C=O) groups excluding carboxylic acids is 2. The molecule has 1 heterocycles. The molecule has 0 N–H and O–H groups in total. The minimum Gasteiger partial charge on any atom is -0.490 e.